The van der Waals surface area contributed by atoms with Gasteiger partial charge in [-0.1, -0.05) is 0 Å². The van der Waals surface area contributed by atoms with E-state index >= 15 is 0 Å². The summed E-state index contributed by atoms with van der Waals surface area (Å²) in [7, 11) is 0. The molecule has 1 aliphatic rings. The highest BCUT2D eigenvalue weighted by molar-refractivity contribution is 6.01. The average Bonchev–Trinajstić information content (AvgIpc) is 3.42. The molecule has 0 radical (unpaired) electrons. The van der Waals surface area contributed by atoms with Crippen molar-refractivity contribution in [2.24, 2.45) is 5.92 Å². The fraction of sp³-hybridized carbons (Fsp3) is 0.368. The summed E-state index contributed by atoms with van der Waals surface area (Å²) in [5.41, 5.74) is 4.42. The van der Waals surface area contributed by atoms with Crippen LogP contribution < -0.4 is 10.6 Å². The third kappa shape index (κ3) is 2.93. The van der Waals surface area contributed by atoms with E-state index in [1.165, 1.54) is 0 Å². The predicted octanol–water partition coefficient (Wildman–Crippen LogP) is 1.87. The number of hydrogen-bond acceptors (Lipinski definition) is 5. The topological polar surface area (TPSA) is 127 Å². The Balaban J connectivity index is 1.44. The number of imidazole rings is 1. The number of rotatable bonds is 4. The van der Waals surface area contributed by atoms with Crippen molar-refractivity contribution in [3.63, 3.8) is 0 Å². The Morgan fingerprint density at radius 1 is 1.21 bits per heavy atom. The first-order valence-electron chi connectivity index (χ1n) is 9.56. The predicted molar refractivity (Wildman–Crippen MR) is 106 cm³/mol. The molecule has 0 saturated carbocycles. The molecule has 5 rings (SSSR count). The van der Waals surface area contributed by atoms with Crippen LogP contribution in [0.25, 0.3) is 33.5 Å². The molecule has 9 nitrogen and oxygen atoms in total. The number of H-pyrrole nitrogens is 3. The molecule has 1 saturated heterocycles. The van der Waals surface area contributed by atoms with E-state index in [9.17, 15) is 4.79 Å². The summed E-state index contributed by atoms with van der Waals surface area (Å²) in [5.74, 6) is 0.979. The highest BCUT2D eigenvalue weighted by Gasteiger charge is 2.23. The largest absolute Gasteiger partial charge is 0.352 e. The van der Waals surface area contributed by atoms with Gasteiger partial charge in [-0.15, -0.1) is 0 Å². The number of aromatic nitrogens is 6. The van der Waals surface area contributed by atoms with Gasteiger partial charge < -0.3 is 15.6 Å². The van der Waals surface area contributed by atoms with E-state index in [1.54, 1.807) is 6.20 Å². The molecule has 4 aromatic rings. The molecule has 0 unspecified atom stereocenters. The van der Waals surface area contributed by atoms with Crippen LogP contribution in [0.3, 0.4) is 0 Å². The number of benzene rings is 1. The van der Waals surface area contributed by atoms with Crippen molar-refractivity contribution in [1.29, 1.82) is 0 Å². The number of nitrogens with one attached hydrogen (secondary N) is 5. The SMILES string of the molecule is Cc1[nH]nc(-c2nc3cc4cn[nH]c4cc3[nH]2)c1C(=O)NCC1CCNCC1. The van der Waals surface area contributed by atoms with Gasteiger partial charge in [0, 0.05) is 17.6 Å². The molecule has 1 fully saturated rings. The molecule has 1 amide bonds. The molecular weight excluding hydrogens is 356 g/mol. The van der Waals surface area contributed by atoms with E-state index in [0.717, 1.165) is 53.6 Å². The maximum Gasteiger partial charge on any atom is 0.255 e. The van der Waals surface area contributed by atoms with E-state index in [0.29, 0.717) is 29.5 Å². The van der Waals surface area contributed by atoms with Gasteiger partial charge in [-0.2, -0.15) is 10.2 Å². The minimum Gasteiger partial charge on any atom is -0.352 e. The standard InChI is InChI=1S/C19H22N8O/c1-10-16(19(28)21-8-11-2-4-20-5-3-11)17(27-25-10)18-23-14-6-12-9-22-26-13(12)7-15(14)24-18/h6-7,9,11,20H,2-5,8H2,1H3,(H,21,28)(H,22,26)(H,23,24)(H,25,27). The quantitative estimate of drug-likeness (QED) is 0.370. The highest BCUT2D eigenvalue weighted by Crippen LogP contribution is 2.26. The molecule has 9 heteroatoms. The molecule has 144 valence electrons. The summed E-state index contributed by atoms with van der Waals surface area (Å²) in [4.78, 5) is 20.8. The zero-order valence-electron chi connectivity index (χ0n) is 15.6. The minimum absolute atomic E-state index is 0.114. The van der Waals surface area contributed by atoms with Crippen LogP contribution in [0.1, 0.15) is 28.9 Å². The van der Waals surface area contributed by atoms with Crippen molar-refractivity contribution in [2.75, 3.05) is 19.6 Å². The zero-order chi connectivity index (χ0) is 19.1. The van der Waals surface area contributed by atoms with Gasteiger partial charge in [-0.25, -0.2) is 4.98 Å². The van der Waals surface area contributed by atoms with Crippen molar-refractivity contribution < 1.29 is 4.79 Å². The Hall–Kier alpha value is -3.20. The van der Waals surface area contributed by atoms with Gasteiger partial charge in [-0.3, -0.25) is 15.0 Å². The smallest absolute Gasteiger partial charge is 0.255 e. The fourth-order valence-corrected chi connectivity index (χ4v) is 3.85. The number of hydrogen-bond donors (Lipinski definition) is 5. The van der Waals surface area contributed by atoms with Crippen LogP contribution in [0.2, 0.25) is 0 Å². The van der Waals surface area contributed by atoms with Crippen LogP contribution >= 0.6 is 0 Å². The molecule has 28 heavy (non-hydrogen) atoms. The Morgan fingerprint density at radius 3 is 2.93 bits per heavy atom. The van der Waals surface area contributed by atoms with Gasteiger partial charge in [0.2, 0.25) is 0 Å². The Labute approximate surface area is 160 Å². The third-order valence-corrected chi connectivity index (χ3v) is 5.45. The molecule has 1 aliphatic heterocycles. The zero-order valence-corrected chi connectivity index (χ0v) is 15.6. The Kier molecular flexibility index (Phi) is 4.09. The first-order chi connectivity index (χ1) is 13.7. The molecule has 3 aromatic heterocycles. The third-order valence-electron chi connectivity index (χ3n) is 5.45. The van der Waals surface area contributed by atoms with Crippen molar-refractivity contribution in [3.05, 3.63) is 29.6 Å². The number of piperidine rings is 1. The van der Waals surface area contributed by atoms with Gasteiger partial charge in [-0.05, 0) is 50.9 Å². The molecule has 0 bridgehead atoms. The molecule has 5 N–H and O–H groups in total. The molecule has 1 aromatic carbocycles. The van der Waals surface area contributed by atoms with Gasteiger partial charge in [0.25, 0.3) is 5.91 Å². The van der Waals surface area contributed by atoms with Crippen LogP contribution in [0.4, 0.5) is 0 Å². The first kappa shape index (κ1) is 16.9. The van der Waals surface area contributed by atoms with Gasteiger partial charge in [0.1, 0.15) is 5.69 Å². The number of fused-ring (bicyclic) bond motifs is 2. The van der Waals surface area contributed by atoms with E-state index in [2.05, 4.69) is 41.0 Å². The molecule has 0 spiro atoms. The number of aryl methyl sites for hydroxylation is 1. The van der Waals surface area contributed by atoms with Crippen LogP contribution in [0.15, 0.2) is 18.3 Å². The number of nitrogens with zero attached hydrogens (tertiary/aromatic N) is 3. The summed E-state index contributed by atoms with van der Waals surface area (Å²) in [6.45, 7) is 4.56. The first-order valence-corrected chi connectivity index (χ1v) is 9.56. The summed E-state index contributed by atoms with van der Waals surface area (Å²) in [5, 5.41) is 21.7. The van der Waals surface area contributed by atoms with Crippen molar-refractivity contribution in [2.45, 2.75) is 19.8 Å². The monoisotopic (exact) mass is 378 g/mol. The second-order valence-electron chi connectivity index (χ2n) is 7.39. The van der Waals surface area contributed by atoms with Gasteiger partial charge in [0.15, 0.2) is 5.82 Å². The lowest BCUT2D eigenvalue weighted by Gasteiger charge is -2.22. The lowest BCUT2D eigenvalue weighted by Crippen LogP contribution is -2.36. The summed E-state index contributed by atoms with van der Waals surface area (Å²) in [6, 6.07) is 3.93. The van der Waals surface area contributed by atoms with Crippen molar-refractivity contribution in [1.82, 2.24) is 41.0 Å². The highest BCUT2D eigenvalue weighted by atomic mass is 16.1. The Morgan fingerprint density at radius 2 is 2.07 bits per heavy atom. The molecular formula is C19H22N8O. The summed E-state index contributed by atoms with van der Waals surface area (Å²) in [6.07, 6.45) is 3.94. The summed E-state index contributed by atoms with van der Waals surface area (Å²) >= 11 is 0. The molecule has 4 heterocycles. The lowest BCUT2D eigenvalue weighted by molar-refractivity contribution is 0.0944. The second kappa shape index (κ2) is 6.75. The lowest BCUT2D eigenvalue weighted by atomic mass is 9.98. The average molecular weight is 378 g/mol. The van der Waals surface area contributed by atoms with E-state index in [1.807, 2.05) is 19.1 Å². The molecule has 0 aliphatic carbocycles. The van der Waals surface area contributed by atoms with Gasteiger partial charge in [0.05, 0.1) is 28.3 Å². The Bertz CT molecular complexity index is 1100. The van der Waals surface area contributed by atoms with E-state index in [4.69, 9.17) is 0 Å². The van der Waals surface area contributed by atoms with E-state index < -0.39 is 0 Å². The second-order valence-corrected chi connectivity index (χ2v) is 7.39. The minimum atomic E-state index is -0.114. The normalized spacial score (nSPS) is 15.5. The number of aromatic amines is 3. The number of carbonyl (C=O) groups excluding carboxylic acids is 1. The molecule has 0 atom stereocenters. The number of amides is 1. The van der Waals surface area contributed by atoms with Crippen LogP contribution in [-0.4, -0.2) is 55.9 Å². The summed E-state index contributed by atoms with van der Waals surface area (Å²) < 4.78 is 0. The number of carbonyl (C=O) groups is 1. The van der Waals surface area contributed by atoms with Crippen LogP contribution in [-0.2, 0) is 0 Å². The maximum absolute atomic E-state index is 12.9. The van der Waals surface area contributed by atoms with E-state index in [-0.39, 0.29) is 5.91 Å². The van der Waals surface area contributed by atoms with Crippen LogP contribution in [0.5, 0.6) is 0 Å². The fourth-order valence-electron chi connectivity index (χ4n) is 3.85. The van der Waals surface area contributed by atoms with Crippen molar-refractivity contribution in [3.8, 4) is 11.5 Å². The van der Waals surface area contributed by atoms with Crippen LogP contribution in [0, 0.1) is 12.8 Å². The maximum atomic E-state index is 12.9. The van der Waals surface area contributed by atoms with Crippen molar-refractivity contribution >= 4 is 27.8 Å². The van der Waals surface area contributed by atoms with Gasteiger partial charge >= 0.3 is 0 Å².